The van der Waals surface area contributed by atoms with E-state index in [-0.39, 0.29) is 0 Å². The Balaban J connectivity index is 2.06. The average molecular weight is 108 g/mol. The van der Waals surface area contributed by atoms with E-state index in [1.165, 1.54) is 12.8 Å². The third-order valence-corrected chi connectivity index (χ3v) is 1.65. The van der Waals surface area contributed by atoms with Crippen LogP contribution in [0.4, 0.5) is 0 Å². The molecule has 1 aliphatic carbocycles. The van der Waals surface area contributed by atoms with Crippen molar-refractivity contribution in [2.24, 2.45) is 16.1 Å². The monoisotopic (exact) mass is 108 g/mol. The van der Waals surface area contributed by atoms with Gasteiger partial charge in [0.25, 0.3) is 0 Å². The fraction of sp³-hybridized carbons (Fsp3) is 0.667. The zero-order valence-corrected chi connectivity index (χ0v) is 4.62. The Morgan fingerprint density at radius 1 is 1.38 bits per heavy atom. The summed E-state index contributed by atoms with van der Waals surface area (Å²) < 4.78 is 0. The quantitative estimate of drug-likeness (QED) is 0.489. The van der Waals surface area contributed by atoms with Gasteiger partial charge in [-0.1, -0.05) is 0 Å². The molecule has 0 amide bonds. The molecule has 1 unspecified atom stereocenters. The highest BCUT2D eigenvalue weighted by atomic mass is 15.1. The van der Waals surface area contributed by atoms with E-state index in [1.54, 1.807) is 6.20 Å². The van der Waals surface area contributed by atoms with Crippen LogP contribution in [0.1, 0.15) is 12.8 Å². The first-order valence-electron chi connectivity index (χ1n) is 3.03. The summed E-state index contributed by atoms with van der Waals surface area (Å²) in [7, 11) is 0. The summed E-state index contributed by atoms with van der Waals surface area (Å²) in [4.78, 5) is 0. The predicted molar refractivity (Wildman–Crippen MR) is 30.5 cm³/mol. The lowest BCUT2D eigenvalue weighted by Crippen LogP contribution is -1.97. The molecule has 0 N–H and O–H groups in total. The number of azo groups is 1. The van der Waals surface area contributed by atoms with Crippen LogP contribution in [-0.4, -0.2) is 6.04 Å². The summed E-state index contributed by atoms with van der Waals surface area (Å²) >= 11 is 0. The number of hydrogen-bond acceptors (Lipinski definition) is 2. The van der Waals surface area contributed by atoms with Gasteiger partial charge in [-0.2, -0.15) is 10.2 Å². The Kier molecular flexibility index (Phi) is 0.745. The van der Waals surface area contributed by atoms with Crippen LogP contribution < -0.4 is 0 Å². The van der Waals surface area contributed by atoms with Crippen LogP contribution in [0.5, 0.6) is 0 Å². The minimum absolute atomic E-state index is 0.454. The molecule has 2 rings (SSSR count). The molecular formula is C6H8N2. The van der Waals surface area contributed by atoms with Gasteiger partial charge >= 0.3 is 0 Å². The van der Waals surface area contributed by atoms with Crippen molar-refractivity contribution < 1.29 is 0 Å². The maximum Gasteiger partial charge on any atom is 0.0939 e. The number of nitrogens with zero attached hydrogens (tertiary/aromatic N) is 2. The standard InChI is InChI=1S/C6H8N2/c1-2-5(1)6-3-4-7-8-6/h3-6H,1-2H2. The first kappa shape index (κ1) is 4.24. The molecule has 0 aromatic heterocycles. The predicted octanol–water partition coefficient (Wildman–Crippen LogP) is 1.74. The van der Waals surface area contributed by atoms with Gasteiger partial charge in [0.2, 0.25) is 0 Å². The number of rotatable bonds is 1. The van der Waals surface area contributed by atoms with E-state index in [0.717, 1.165) is 5.92 Å². The molecule has 0 aromatic rings. The minimum Gasteiger partial charge on any atom is -0.181 e. The van der Waals surface area contributed by atoms with Crippen molar-refractivity contribution >= 4 is 0 Å². The van der Waals surface area contributed by atoms with Gasteiger partial charge < -0.3 is 0 Å². The van der Waals surface area contributed by atoms with Crippen LogP contribution in [0.25, 0.3) is 0 Å². The van der Waals surface area contributed by atoms with Crippen LogP contribution in [0.15, 0.2) is 22.5 Å². The second-order valence-electron chi connectivity index (χ2n) is 2.40. The van der Waals surface area contributed by atoms with Crippen molar-refractivity contribution in [1.29, 1.82) is 0 Å². The van der Waals surface area contributed by atoms with Gasteiger partial charge in [0, 0.05) is 6.20 Å². The molecule has 1 fully saturated rings. The smallest absolute Gasteiger partial charge is 0.0939 e. The van der Waals surface area contributed by atoms with Gasteiger partial charge in [0.15, 0.2) is 0 Å². The van der Waals surface area contributed by atoms with Gasteiger partial charge in [0.05, 0.1) is 6.04 Å². The van der Waals surface area contributed by atoms with Gasteiger partial charge in [-0.15, -0.1) is 0 Å². The van der Waals surface area contributed by atoms with Crippen LogP contribution in [0, 0.1) is 5.92 Å². The van der Waals surface area contributed by atoms with Gasteiger partial charge in [-0.3, -0.25) is 0 Å². The summed E-state index contributed by atoms with van der Waals surface area (Å²) in [5, 5.41) is 7.78. The summed E-state index contributed by atoms with van der Waals surface area (Å²) in [5.74, 6) is 0.845. The zero-order chi connectivity index (χ0) is 5.40. The highest BCUT2D eigenvalue weighted by molar-refractivity contribution is 5.03. The highest BCUT2D eigenvalue weighted by Crippen LogP contribution is 2.36. The molecule has 2 heteroatoms. The van der Waals surface area contributed by atoms with Crippen LogP contribution in [0.2, 0.25) is 0 Å². The lowest BCUT2D eigenvalue weighted by molar-refractivity contribution is 0.701. The second-order valence-corrected chi connectivity index (χ2v) is 2.40. The number of hydrogen-bond donors (Lipinski definition) is 0. The summed E-state index contributed by atoms with van der Waals surface area (Å²) in [6.07, 6.45) is 6.59. The van der Waals surface area contributed by atoms with Crippen molar-refractivity contribution in [3.05, 3.63) is 12.3 Å². The molecule has 0 radical (unpaired) electrons. The lowest BCUT2D eigenvalue weighted by atomic mass is 10.2. The Labute approximate surface area is 48.3 Å². The maximum absolute atomic E-state index is 4.01. The molecule has 0 spiro atoms. The van der Waals surface area contributed by atoms with Crippen molar-refractivity contribution in [3.63, 3.8) is 0 Å². The van der Waals surface area contributed by atoms with Crippen molar-refractivity contribution in [2.75, 3.05) is 0 Å². The van der Waals surface area contributed by atoms with E-state index in [1.807, 2.05) is 0 Å². The Hall–Kier alpha value is -0.660. The third-order valence-electron chi connectivity index (χ3n) is 1.65. The molecule has 2 aliphatic rings. The van der Waals surface area contributed by atoms with Gasteiger partial charge in [-0.05, 0) is 24.8 Å². The molecule has 0 bridgehead atoms. The molecule has 42 valence electrons. The molecule has 8 heavy (non-hydrogen) atoms. The Morgan fingerprint density at radius 3 is 2.75 bits per heavy atom. The third kappa shape index (κ3) is 0.565. The Bertz CT molecular complexity index is 133. The zero-order valence-electron chi connectivity index (χ0n) is 4.62. The normalized spacial score (nSPS) is 34.2. The molecule has 2 nitrogen and oxygen atoms in total. The SMILES string of the molecule is C1=CC(C2CC2)N=N1. The molecule has 0 saturated heterocycles. The first-order chi connectivity index (χ1) is 3.97. The van der Waals surface area contributed by atoms with E-state index in [0.29, 0.717) is 6.04 Å². The van der Waals surface area contributed by atoms with E-state index >= 15 is 0 Å². The molecule has 1 aliphatic heterocycles. The fourth-order valence-corrected chi connectivity index (χ4v) is 0.970. The van der Waals surface area contributed by atoms with E-state index in [9.17, 15) is 0 Å². The average Bonchev–Trinajstić information content (AvgIpc) is 2.49. The maximum atomic E-state index is 4.01. The van der Waals surface area contributed by atoms with Crippen LogP contribution >= 0.6 is 0 Å². The van der Waals surface area contributed by atoms with E-state index in [4.69, 9.17) is 0 Å². The summed E-state index contributed by atoms with van der Waals surface area (Å²) in [6.45, 7) is 0. The van der Waals surface area contributed by atoms with E-state index in [2.05, 4.69) is 16.3 Å². The van der Waals surface area contributed by atoms with Crippen molar-refractivity contribution in [3.8, 4) is 0 Å². The highest BCUT2D eigenvalue weighted by Gasteiger charge is 2.30. The molecule has 1 heterocycles. The lowest BCUT2D eigenvalue weighted by Gasteiger charge is -1.93. The van der Waals surface area contributed by atoms with E-state index < -0.39 is 0 Å². The van der Waals surface area contributed by atoms with Gasteiger partial charge in [-0.25, -0.2) is 0 Å². The molecule has 1 atom stereocenters. The topological polar surface area (TPSA) is 24.7 Å². The van der Waals surface area contributed by atoms with Crippen LogP contribution in [-0.2, 0) is 0 Å². The first-order valence-corrected chi connectivity index (χ1v) is 3.03. The van der Waals surface area contributed by atoms with Crippen molar-refractivity contribution in [2.45, 2.75) is 18.9 Å². The summed E-state index contributed by atoms with van der Waals surface area (Å²) in [6, 6.07) is 0.454. The largest absolute Gasteiger partial charge is 0.181 e. The second kappa shape index (κ2) is 1.41. The molecular weight excluding hydrogens is 100 g/mol. The molecule has 0 aromatic carbocycles. The summed E-state index contributed by atoms with van der Waals surface area (Å²) in [5.41, 5.74) is 0. The Morgan fingerprint density at radius 2 is 2.25 bits per heavy atom. The minimum atomic E-state index is 0.454. The van der Waals surface area contributed by atoms with Crippen molar-refractivity contribution in [1.82, 2.24) is 0 Å². The molecule has 1 saturated carbocycles. The van der Waals surface area contributed by atoms with Crippen LogP contribution in [0.3, 0.4) is 0 Å². The fourth-order valence-electron chi connectivity index (χ4n) is 0.970. The van der Waals surface area contributed by atoms with Gasteiger partial charge in [0.1, 0.15) is 0 Å².